The summed E-state index contributed by atoms with van der Waals surface area (Å²) < 4.78 is 5.13. The van der Waals surface area contributed by atoms with Crippen molar-refractivity contribution in [2.75, 3.05) is 17.7 Å². The molecule has 5 rings (SSSR count). The van der Waals surface area contributed by atoms with Crippen LogP contribution in [-0.2, 0) is 0 Å². The lowest BCUT2D eigenvalue weighted by Gasteiger charge is -2.07. The number of H-pyrrole nitrogens is 1. The van der Waals surface area contributed by atoms with Gasteiger partial charge in [0.1, 0.15) is 11.6 Å². The third-order valence-corrected chi connectivity index (χ3v) is 6.07. The Labute approximate surface area is 222 Å². The second-order valence-electron chi connectivity index (χ2n) is 8.19. The third-order valence-electron chi connectivity index (χ3n) is 5.63. The summed E-state index contributed by atoms with van der Waals surface area (Å²) in [7, 11) is 1.58. The fourth-order valence-electron chi connectivity index (χ4n) is 3.77. The predicted molar refractivity (Wildman–Crippen MR) is 147 cm³/mol. The number of carbonyl (C=O) groups excluding carboxylic acids is 2. The van der Waals surface area contributed by atoms with E-state index in [1.165, 1.54) is 0 Å². The number of aromatic nitrogens is 2. The van der Waals surface area contributed by atoms with Gasteiger partial charge in [-0.25, -0.2) is 4.98 Å². The van der Waals surface area contributed by atoms with E-state index in [2.05, 4.69) is 20.6 Å². The molecular formula is C28H20Cl2N4O3. The summed E-state index contributed by atoms with van der Waals surface area (Å²) in [6.45, 7) is 0. The second-order valence-corrected chi connectivity index (χ2v) is 9.06. The molecule has 0 saturated heterocycles. The molecule has 1 heterocycles. The van der Waals surface area contributed by atoms with Crippen molar-refractivity contribution in [2.45, 2.75) is 0 Å². The van der Waals surface area contributed by atoms with Crippen molar-refractivity contribution < 1.29 is 14.3 Å². The van der Waals surface area contributed by atoms with Gasteiger partial charge in [-0.05, 0) is 84.9 Å². The Kier molecular flexibility index (Phi) is 6.81. The number of benzene rings is 4. The fourth-order valence-corrected chi connectivity index (χ4v) is 4.30. The number of nitrogens with zero attached hydrogens (tertiary/aromatic N) is 1. The van der Waals surface area contributed by atoms with Crippen molar-refractivity contribution in [1.29, 1.82) is 0 Å². The average molecular weight is 531 g/mol. The first kappa shape index (κ1) is 24.4. The average Bonchev–Trinajstić information content (AvgIpc) is 3.32. The Hall–Kier alpha value is -4.33. The highest BCUT2D eigenvalue weighted by Crippen LogP contribution is 2.25. The molecule has 0 aliphatic carbocycles. The molecule has 0 aliphatic heterocycles. The van der Waals surface area contributed by atoms with E-state index in [0.717, 1.165) is 16.6 Å². The molecule has 3 N–H and O–H groups in total. The normalized spacial score (nSPS) is 10.8. The summed E-state index contributed by atoms with van der Waals surface area (Å²) in [6, 6.07) is 24.3. The van der Waals surface area contributed by atoms with Crippen LogP contribution in [0.5, 0.6) is 5.75 Å². The van der Waals surface area contributed by atoms with Crippen LogP contribution in [0, 0.1) is 0 Å². The summed E-state index contributed by atoms with van der Waals surface area (Å²) in [5.41, 5.74) is 4.52. The van der Waals surface area contributed by atoms with Crippen LogP contribution < -0.4 is 15.4 Å². The number of amides is 2. The maximum absolute atomic E-state index is 12.6. The zero-order valence-electron chi connectivity index (χ0n) is 19.5. The Bertz CT molecular complexity index is 1590. The summed E-state index contributed by atoms with van der Waals surface area (Å²) in [4.78, 5) is 33.0. The van der Waals surface area contributed by atoms with Crippen molar-refractivity contribution in [1.82, 2.24) is 9.97 Å². The minimum atomic E-state index is -0.315. The van der Waals surface area contributed by atoms with Gasteiger partial charge in [0.05, 0.1) is 18.1 Å². The van der Waals surface area contributed by atoms with Gasteiger partial charge in [0, 0.05) is 38.1 Å². The first-order valence-corrected chi connectivity index (χ1v) is 12.0. The number of ether oxygens (including phenoxy) is 1. The lowest BCUT2D eigenvalue weighted by molar-refractivity contribution is 0.101. The number of carbonyl (C=O) groups is 2. The van der Waals surface area contributed by atoms with Crippen molar-refractivity contribution in [3.05, 3.63) is 106 Å². The maximum atomic E-state index is 12.6. The molecule has 0 atom stereocenters. The van der Waals surface area contributed by atoms with Gasteiger partial charge >= 0.3 is 0 Å². The molecule has 9 heteroatoms. The van der Waals surface area contributed by atoms with E-state index in [1.54, 1.807) is 67.8 Å². The largest absolute Gasteiger partial charge is 0.497 e. The molecule has 7 nitrogen and oxygen atoms in total. The molecule has 37 heavy (non-hydrogen) atoms. The Morgan fingerprint density at radius 1 is 0.757 bits per heavy atom. The van der Waals surface area contributed by atoms with E-state index in [4.69, 9.17) is 27.9 Å². The number of halogens is 2. The molecule has 0 fully saturated rings. The molecule has 184 valence electrons. The zero-order valence-corrected chi connectivity index (χ0v) is 21.0. The first-order valence-electron chi connectivity index (χ1n) is 11.2. The molecule has 2 amide bonds. The van der Waals surface area contributed by atoms with Crippen molar-refractivity contribution >= 4 is 57.4 Å². The highest BCUT2D eigenvalue weighted by Gasteiger charge is 2.11. The van der Waals surface area contributed by atoms with E-state index in [-0.39, 0.29) is 11.8 Å². The second kappa shape index (κ2) is 10.3. The minimum absolute atomic E-state index is 0.223. The van der Waals surface area contributed by atoms with Gasteiger partial charge in [-0.1, -0.05) is 23.2 Å². The van der Waals surface area contributed by atoms with Crippen molar-refractivity contribution in [3.63, 3.8) is 0 Å². The first-order chi connectivity index (χ1) is 17.9. The van der Waals surface area contributed by atoms with E-state index in [9.17, 15) is 9.59 Å². The monoisotopic (exact) mass is 530 g/mol. The number of methoxy groups -OCH3 is 1. The number of rotatable bonds is 6. The number of imidazole rings is 1. The van der Waals surface area contributed by atoms with Crippen LogP contribution in [0.25, 0.3) is 22.4 Å². The van der Waals surface area contributed by atoms with Crippen LogP contribution in [0.4, 0.5) is 11.4 Å². The van der Waals surface area contributed by atoms with Gasteiger partial charge in [0.25, 0.3) is 11.8 Å². The molecule has 4 aromatic carbocycles. The Morgan fingerprint density at radius 3 is 2.05 bits per heavy atom. The molecule has 0 saturated carbocycles. The highest BCUT2D eigenvalue weighted by atomic mass is 35.5. The van der Waals surface area contributed by atoms with Crippen LogP contribution in [0.3, 0.4) is 0 Å². The molecular weight excluding hydrogens is 511 g/mol. The fraction of sp³-hybridized carbons (Fsp3) is 0.0357. The van der Waals surface area contributed by atoms with Gasteiger partial charge in [-0.15, -0.1) is 0 Å². The molecule has 0 radical (unpaired) electrons. The molecule has 5 aromatic rings. The highest BCUT2D eigenvalue weighted by molar-refractivity contribution is 6.35. The van der Waals surface area contributed by atoms with Gasteiger partial charge in [0.2, 0.25) is 0 Å². The minimum Gasteiger partial charge on any atom is -0.497 e. The Balaban J connectivity index is 1.29. The van der Waals surface area contributed by atoms with Crippen molar-refractivity contribution in [2.24, 2.45) is 0 Å². The lowest BCUT2D eigenvalue weighted by atomic mass is 10.1. The van der Waals surface area contributed by atoms with Crippen LogP contribution in [0.2, 0.25) is 10.0 Å². The molecule has 1 aromatic heterocycles. The molecule has 0 aliphatic rings. The number of hydrogen-bond donors (Lipinski definition) is 3. The van der Waals surface area contributed by atoms with Crippen LogP contribution >= 0.6 is 23.2 Å². The summed E-state index contributed by atoms with van der Waals surface area (Å²) >= 11 is 12.0. The quantitative estimate of drug-likeness (QED) is 0.219. The van der Waals surface area contributed by atoms with E-state index in [0.29, 0.717) is 44.1 Å². The standard InChI is InChI=1S/C28H20Cl2N4O3/c1-37-23-9-4-17(5-10-23)27(35)32-22-8-11-24-25(15-22)34-26(33-24)16-2-6-21(7-3-16)31-28(36)18-12-19(29)14-20(30)13-18/h2-15H,1H3,(H,31,36)(H,32,35)(H,33,34). The van der Waals surface area contributed by atoms with Crippen LogP contribution in [-0.4, -0.2) is 28.9 Å². The van der Waals surface area contributed by atoms with Crippen LogP contribution in [0.1, 0.15) is 20.7 Å². The van der Waals surface area contributed by atoms with Crippen LogP contribution in [0.15, 0.2) is 84.9 Å². The van der Waals surface area contributed by atoms with E-state index >= 15 is 0 Å². The zero-order chi connectivity index (χ0) is 25.9. The van der Waals surface area contributed by atoms with Gasteiger partial charge in [0.15, 0.2) is 0 Å². The van der Waals surface area contributed by atoms with Crippen molar-refractivity contribution in [3.8, 4) is 17.1 Å². The molecule has 0 unspecified atom stereocenters. The van der Waals surface area contributed by atoms with E-state index < -0.39 is 0 Å². The lowest BCUT2D eigenvalue weighted by Crippen LogP contribution is -2.11. The SMILES string of the molecule is COc1ccc(C(=O)Nc2ccc3nc(-c4ccc(NC(=O)c5cc(Cl)cc(Cl)c5)cc4)[nH]c3c2)cc1. The summed E-state index contributed by atoms with van der Waals surface area (Å²) in [6.07, 6.45) is 0. The number of fused-ring (bicyclic) bond motifs is 1. The number of aromatic amines is 1. The molecule has 0 bridgehead atoms. The topological polar surface area (TPSA) is 96.1 Å². The molecule has 0 spiro atoms. The number of anilines is 2. The number of nitrogens with one attached hydrogen (secondary N) is 3. The predicted octanol–water partition coefficient (Wildman–Crippen LogP) is 7.05. The van der Waals surface area contributed by atoms with E-state index in [1.807, 2.05) is 24.3 Å². The summed E-state index contributed by atoms with van der Waals surface area (Å²) in [5.74, 6) is 0.807. The van der Waals surface area contributed by atoms with Gasteiger partial charge in [-0.3, -0.25) is 9.59 Å². The summed E-state index contributed by atoms with van der Waals surface area (Å²) in [5, 5.41) is 6.51. The number of hydrogen-bond acceptors (Lipinski definition) is 4. The van der Waals surface area contributed by atoms with Gasteiger partial charge in [-0.2, -0.15) is 0 Å². The maximum Gasteiger partial charge on any atom is 0.255 e. The smallest absolute Gasteiger partial charge is 0.255 e. The third kappa shape index (κ3) is 5.58. The Morgan fingerprint density at radius 2 is 1.38 bits per heavy atom. The van der Waals surface area contributed by atoms with Gasteiger partial charge < -0.3 is 20.4 Å².